The first-order valence-corrected chi connectivity index (χ1v) is 5.63. The molecule has 0 heterocycles. The summed E-state index contributed by atoms with van der Waals surface area (Å²) >= 11 is 5.56. The van der Waals surface area contributed by atoms with E-state index in [2.05, 4.69) is 0 Å². The number of aromatic carboxylic acids is 1. The maximum absolute atomic E-state index is 10.8. The van der Waals surface area contributed by atoms with E-state index in [0.29, 0.717) is 18.1 Å². The molecule has 0 atom stereocenters. The minimum Gasteiger partial charge on any atom is -0.493 e. The van der Waals surface area contributed by atoms with E-state index in [0.717, 1.165) is 23.3 Å². The Morgan fingerprint density at radius 3 is 2.38 bits per heavy atom. The van der Waals surface area contributed by atoms with Gasteiger partial charge in [0.1, 0.15) is 5.75 Å². The van der Waals surface area contributed by atoms with E-state index >= 15 is 0 Å². The van der Waals surface area contributed by atoms with E-state index in [1.54, 1.807) is 12.1 Å². The van der Waals surface area contributed by atoms with Gasteiger partial charge in [-0.1, -0.05) is 0 Å². The van der Waals surface area contributed by atoms with Crippen molar-refractivity contribution in [3.63, 3.8) is 0 Å². The number of benzene rings is 1. The Morgan fingerprint density at radius 2 is 1.94 bits per heavy atom. The van der Waals surface area contributed by atoms with Gasteiger partial charge in [0.25, 0.3) is 0 Å². The maximum atomic E-state index is 10.8. The van der Waals surface area contributed by atoms with Crippen LogP contribution in [-0.4, -0.2) is 23.6 Å². The quantitative estimate of drug-likeness (QED) is 0.638. The molecule has 88 valence electrons. The van der Waals surface area contributed by atoms with E-state index < -0.39 is 5.97 Å². The normalized spacial score (nSPS) is 10.2. The van der Waals surface area contributed by atoms with Crippen LogP contribution in [0.25, 0.3) is 0 Å². The highest BCUT2D eigenvalue weighted by Crippen LogP contribution is 2.25. The molecule has 1 rings (SSSR count). The Labute approximate surface area is 100.0 Å². The zero-order valence-corrected chi connectivity index (χ0v) is 10.2. The van der Waals surface area contributed by atoms with Gasteiger partial charge < -0.3 is 9.84 Å². The summed E-state index contributed by atoms with van der Waals surface area (Å²) in [7, 11) is 0. The van der Waals surface area contributed by atoms with Gasteiger partial charge in [-0.15, -0.1) is 11.6 Å². The summed E-state index contributed by atoms with van der Waals surface area (Å²) in [6.07, 6.45) is 0.779. The summed E-state index contributed by atoms with van der Waals surface area (Å²) < 4.78 is 5.57. The molecule has 1 aromatic carbocycles. The Bertz CT molecular complexity index is 365. The fourth-order valence-electron chi connectivity index (χ4n) is 1.53. The molecule has 0 aliphatic heterocycles. The second-order valence-electron chi connectivity index (χ2n) is 3.64. The number of hydrogen-bond acceptors (Lipinski definition) is 2. The van der Waals surface area contributed by atoms with E-state index in [1.807, 2.05) is 13.8 Å². The fourth-order valence-corrected chi connectivity index (χ4v) is 1.64. The molecular formula is C12H15ClO3. The number of carbonyl (C=O) groups is 1. The molecule has 0 bridgehead atoms. The van der Waals surface area contributed by atoms with Crippen LogP contribution in [-0.2, 0) is 0 Å². The highest BCUT2D eigenvalue weighted by molar-refractivity contribution is 6.17. The number of ether oxygens (including phenoxy) is 1. The van der Waals surface area contributed by atoms with Gasteiger partial charge in [-0.25, -0.2) is 4.79 Å². The first kappa shape index (κ1) is 12.8. The molecule has 1 N–H and O–H groups in total. The van der Waals surface area contributed by atoms with Gasteiger partial charge >= 0.3 is 5.97 Å². The number of alkyl halides is 1. The Balaban J connectivity index is 2.89. The lowest BCUT2D eigenvalue weighted by atomic mass is 10.1. The van der Waals surface area contributed by atoms with Gasteiger partial charge in [0.2, 0.25) is 0 Å². The van der Waals surface area contributed by atoms with E-state index in [-0.39, 0.29) is 0 Å². The van der Waals surface area contributed by atoms with Crippen LogP contribution >= 0.6 is 11.6 Å². The highest BCUT2D eigenvalue weighted by atomic mass is 35.5. The smallest absolute Gasteiger partial charge is 0.335 e. The van der Waals surface area contributed by atoms with E-state index in [4.69, 9.17) is 21.4 Å². The molecule has 4 heteroatoms. The lowest BCUT2D eigenvalue weighted by Crippen LogP contribution is -2.04. The third-order valence-electron chi connectivity index (χ3n) is 2.23. The van der Waals surface area contributed by atoms with E-state index in [9.17, 15) is 4.79 Å². The summed E-state index contributed by atoms with van der Waals surface area (Å²) in [6, 6.07) is 3.23. The second-order valence-corrected chi connectivity index (χ2v) is 4.01. The molecule has 0 aliphatic rings. The lowest BCUT2D eigenvalue weighted by Gasteiger charge is -2.12. The molecule has 16 heavy (non-hydrogen) atoms. The van der Waals surface area contributed by atoms with Crippen LogP contribution in [0.5, 0.6) is 5.75 Å². The number of carboxylic acid groups (broad SMARTS) is 1. The monoisotopic (exact) mass is 242 g/mol. The van der Waals surface area contributed by atoms with Crippen molar-refractivity contribution in [2.75, 3.05) is 12.5 Å². The molecule has 0 amide bonds. The molecule has 0 aliphatic carbocycles. The van der Waals surface area contributed by atoms with Crippen LogP contribution in [0.4, 0.5) is 0 Å². The predicted molar refractivity (Wildman–Crippen MR) is 63.7 cm³/mol. The summed E-state index contributed by atoms with van der Waals surface area (Å²) in [5.41, 5.74) is 1.97. The van der Waals surface area contributed by atoms with Gasteiger partial charge in [-0.3, -0.25) is 0 Å². The Hall–Kier alpha value is -1.22. The first-order chi connectivity index (χ1) is 7.56. The van der Waals surface area contributed by atoms with Gasteiger partial charge in [0.05, 0.1) is 12.2 Å². The first-order valence-electron chi connectivity index (χ1n) is 5.09. The molecule has 0 saturated heterocycles. The summed E-state index contributed by atoms with van der Waals surface area (Å²) in [5.74, 6) is 0.402. The minimum absolute atomic E-state index is 0.291. The SMILES string of the molecule is Cc1cc(C(=O)O)cc(C)c1OCCCCl. The molecule has 0 fully saturated rings. The van der Waals surface area contributed by atoms with Crippen LogP contribution in [0.15, 0.2) is 12.1 Å². The van der Waals surface area contributed by atoms with Crippen LogP contribution in [0.2, 0.25) is 0 Å². The highest BCUT2D eigenvalue weighted by Gasteiger charge is 2.10. The third-order valence-corrected chi connectivity index (χ3v) is 2.50. The Morgan fingerprint density at radius 1 is 1.38 bits per heavy atom. The van der Waals surface area contributed by atoms with Crippen LogP contribution in [0.3, 0.4) is 0 Å². The summed E-state index contributed by atoms with van der Waals surface area (Å²) in [5, 5.41) is 8.88. The average molecular weight is 243 g/mol. The zero-order chi connectivity index (χ0) is 12.1. The van der Waals surface area contributed by atoms with Crippen molar-refractivity contribution in [2.45, 2.75) is 20.3 Å². The summed E-state index contributed by atoms with van der Waals surface area (Å²) in [4.78, 5) is 10.8. The topological polar surface area (TPSA) is 46.5 Å². The molecule has 1 aromatic rings. The second kappa shape index (κ2) is 5.75. The van der Waals surface area contributed by atoms with Crippen LogP contribution in [0.1, 0.15) is 27.9 Å². The van der Waals surface area contributed by atoms with Crippen molar-refractivity contribution in [2.24, 2.45) is 0 Å². The van der Waals surface area contributed by atoms with Crippen molar-refractivity contribution in [1.82, 2.24) is 0 Å². The van der Waals surface area contributed by atoms with Crippen molar-refractivity contribution in [3.05, 3.63) is 28.8 Å². The molecular weight excluding hydrogens is 228 g/mol. The van der Waals surface area contributed by atoms with Crippen molar-refractivity contribution < 1.29 is 14.6 Å². The zero-order valence-electron chi connectivity index (χ0n) is 9.42. The maximum Gasteiger partial charge on any atom is 0.335 e. The number of aryl methyl sites for hydroxylation is 2. The number of halogens is 1. The number of carboxylic acids is 1. The van der Waals surface area contributed by atoms with E-state index in [1.165, 1.54) is 0 Å². The average Bonchev–Trinajstić information content (AvgIpc) is 2.21. The van der Waals surface area contributed by atoms with Gasteiger partial charge in [-0.2, -0.15) is 0 Å². The number of hydrogen-bond donors (Lipinski definition) is 1. The van der Waals surface area contributed by atoms with Crippen LogP contribution in [0, 0.1) is 13.8 Å². The predicted octanol–water partition coefficient (Wildman–Crippen LogP) is 3.01. The molecule has 0 spiro atoms. The largest absolute Gasteiger partial charge is 0.493 e. The lowest BCUT2D eigenvalue weighted by molar-refractivity contribution is 0.0696. The Kier molecular flexibility index (Phi) is 4.62. The van der Waals surface area contributed by atoms with Crippen molar-refractivity contribution >= 4 is 17.6 Å². The van der Waals surface area contributed by atoms with Gasteiger partial charge in [-0.05, 0) is 43.5 Å². The molecule has 3 nitrogen and oxygen atoms in total. The summed E-state index contributed by atoms with van der Waals surface area (Å²) in [6.45, 7) is 4.24. The van der Waals surface area contributed by atoms with Crippen molar-refractivity contribution in [1.29, 1.82) is 0 Å². The number of rotatable bonds is 5. The molecule has 0 saturated carbocycles. The molecule has 0 aromatic heterocycles. The standard InChI is InChI=1S/C12H15ClO3/c1-8-6-10(12(14)15)7-9(2)11(8)16-5-3-4-13/h6-7H,3-5H2,1-2H3,(H,14,15). The fraction of sp³-hybridized carbons (Fsp3) is 0.417. The molecule has 0 unspecified atom stereocenters. The van der Waals surface area contributed by atoms with Crippen LogP contribution < -0.4 is 4.74 Å². The van der Waals surface area contributed by atoms with Gasteiger partial charge in [0.15, 0.2) is 0 Å². The third kappa shape index (κ3) is 3.14. The van der Waals surface area contributed by atoms with Gasteiger partial charge in [0, 0.05) is 5.88 Å². The van der Waals surface area contributed by atoms with Crippen molar-refractivity contribution in [3.8, 4) is 5.75 Å². The minimum atomic E-state index is -0.918. The molecule has 0 radical (unpaired) electrons.